The number of alkyl halides is 12. The molecule has 1 saturated carbocycles. The number of carbonyl (C=O) groups is 4. The fourth-order valence-electron chi connectivity index (χ4n) is 8.49. The van der Waals surface area contributed by atoms with E-state index in [1.54, 1.807) is 0 Å². The minimum atomic E-state index is -5.37. The third-order valence-corrected chi connectivity index (χ3v) is 10.9. The summed E-state index contributed by atoms with van der Waals surface area (Å²) in [6.07, 6.45) is -21.0. The Morgan fingerprint density at radius 1 is 0.579 bits per heavy atom. The number of rotatable bonds is 4. The molecule has 3 fully saturated rings. The number of carbonyl (C=O) groups excluding carboxylic acids is 4. The van der Waals surface area contributed by atoms with Crippen molar-refractivity contribution in [2.45, 2.75) is 43.5 Å². The molecule has 6 atom stereocenters. The van der Waals surface area contributed by atoms with Crippen LogP contribution in [0.25, 0.3) is 0 Å². The number of benzene rings is 3. The average Bonchev–Trinajstić information content (AvgIpc) is 3.52. The average molecular weight is 821 g/mol. The number of ether oxygens (including phenoxy) is 1. The van der Waals surface area contributed by atoms with E-state index >= 15 is 0 Å². The maximum Gasteiger partial charge on any atom is 0.416 e. The molecule has 2 aliphatic carbocycles. The van der Waals surface area contributed by atoms with Crippen molar-refractivity contribution in [3.05, 3.63) is 94.1 Å². The van der Waals surface area contributed by atoms with Gasteiger partial charge in [-0.05, 0) is 61.2 Å². The van der Waals surface area contributed by atoms with Gasteiger partial charge in [0.1, 0.15) is 11.5 Å². The molecule has 2 aliphatic heterocycles. The van der Waals surface area contributed by atoms with E-state index in [-0.39, 0.29) is 69.5 Å². The van der Waals surface area contributed by atoms with Gasteiger partial charge in [-0.25, -0.2) is 9.80 Å². The Hall–Kier alpha value is -5.56. The van der Waals surface area contributed by atoms with E-state index in [1.807, 2.05) is 0 Å². The lowest BCUT2D eigenvalue weighted by molar-refractivity contribution is -0.144. The molecule has 0 bridgehead atoms. The fraction of sp³-hybridized carbons (Fsp3) is 0.351. The molecule has 0 unspecified atom stereocenters. The number of aromatic hydroxyl groups is 1. The SMILES string of the molecule is COc1ccc([C@H]2C3=CC[C@@H]4C(=O)N(c5cc(C(F)(F)F)cc(C(F)(F)F)c5)C(=O)[C@@H]4[C@@H]3C[C@H]3C(=O)N(c4cc(C(F)(F)F)cc(C(F)(F)F)c4)C(=O)[C@@H]23)c(O)c1. The van der Waals surface area contributed by atoms with Crippen LogP contribution in [0, 0.1) is 29.6 Å². The van der Waals surface area contributed by atoms with Crippen LogP contribution in [-0.4, -0.2) is 35.8 Å². The number of nitrogens with zero attached hydrogens (tertiary/aromatic N) is 2. The van der Waals surface area contributed by atoms with Gasteiger partial charge in [-0.2, -0.15) is 52.7 Å². The first-order chi connectivity index (χ1) is 26.3. The summed E-state index contributed by atoms with van der Waals surface area (Å²) in [5.41, 5.74) is -9.46. The van der Waals surface area contributed by atoms with Crippen molar-refractivity contribution in [1.82, 2.24) is 0 Å². The smallest absolute Gasteiger partial charge is 0.416 e. The number of phenolic OH excluding ortho intramolecular Hbond substituents is 1. The minimum Gasteiger partial charge on any atom is -0.508 e. The summed E-state index contributed by atoms with van der Waals surface area (Å²) < 4.78 is 171. The summed E-state index contributed by atoms with van der Waals surface area (Å²) >= 11 is 0. The van der Waals surface area contributed by atoms with Gasteiger partial charge >= 0.3 is 24.7 Å². The van der Waals surface area contributed by atoms with Crippen LogP contribution < -0.4 is 14.5 Å². The van der Waals surface area contributed by atoms with Gasteiger partial charge in [0.05, 0.1) is 64.4 Å². The number of imide groups is 2. The molecule has 2 heterocycles. The number of allylic oxidation sites excluding steroid dienone is 2. The Morgan fingerprint density at radius 3 is 1.44 bits per heavy atom. The van der Waals surface area contributed by atoms with E-state index in [0.29, 0.717) is 0 Å². The van der Waals surface area contributed by atoms with Gasteiger partial charge in [-0.1, -0.05) is 17.7 Å². The topological polar surface area (TPSA) is 104 Å². The molecule has 4 aliphatic rings. The zero-order valence-corrected chi connectivity index (χ0v) is 28.6. The highest BCUT2D eigenvalue weighted by molar-refractivity contribution is 6.24. The predicted molar refractivity (Wildman–Crippen MR) is 170 cm³/mol. The standard InChI is InChI=1S/C37H24F12N2O6/c1-57-20-2-3-22(26(52)12-20)27-21-4-5-23-28(32(55)50(30(23)53)18-8-14(34(38,39)40)6-15(9-18)35(41,42)43)24(21)13-25-29(27)33(56)51(31(25)54)19-10-16(36(44,45)46)7-17(11-19)37(47,48)49/h2-4,6-12,23-25,27-29,52H,5,13H2,1H3/t23-,24+,25+,27+,28-,29+/m0/s1. The van der Waals surface area contributed by atoms with Crippen molar-refractivity contribution in [3.8, 4) is 11.5 Å². The van der Waals surface area contributed by atoms with E-state index in [1.165, 1.54) is 25.3 Å². The summed E-state index contributed by atoms with van der Waals surface area (Å²) in [4.78, 5) is 56.7. The number of anilines is 2. The molecule has 0 radical (unpaired) electrons. The highest BCUT2D eigenvalue weighted by Gasteiger charge is 2.63. The molecule has 4 amide bonds. The summed E-state index contributed by atoms with van der Waals surface area (Å²) in [7, 11) is 1.24. The zero-order valence-electron chi connectivity index (χ0n) is 28.6. The van der Waals surface area contributed by atoms with Gasteiger partial charge in [-0.15, -0.1) is 0 Å². The molecule has 57 heavy (non-hydrogen) atoms. The van der Waals surface area contributed by atoms with Crippen LogP contribution in [0.3, 0.4) is 0 Å². The van der Waals surface area contributed by atoms with Crippen molar-refractivity contribution in [2.75, 3.05) is 16.9 Å². The molecule has 302 valence electrons. The van der Waals surface area contributed by atoms with E-state index in [0.717, 1.165) is 6.07 Å². The predicted octanol–water partition coefficient (Wildman–Crippen LogP) is 8.52. The number of halogens is 12. The van der Waals surface area contributed by atoms with Crippen molar-refractivity contribution in [1.29, 1.82) is 0 Å². The van der Waals surface area contributed by atoms with Crippen LogP contribution in [0.15, 0.2) is 66.2 Å². The highest BCUT2D eigenvalue weighted by atomic mass is 19.4. The van der Waals surface area contributed by atoms with Gasteiger partial charge in [0.2, 0.25) is 23.6 Å². The number of hydrogen-bond acceptors (Lipinski definition) is 6. The molecule has 20 heteroatoms. The number of methoxy groups -OCH3 is 1. The van der Waals surface area contributed by atoms with Crippen molar-refractivity contribution in [3.63, 3.8) is 0 Å². The summed E-state index contributed by atoms with van der Waals surface area (Å²) in [6.45, 7) is 0. The molecule has 1 N–H and O–H groups in total. The van der Waals surface area contributed by atoms with Crippen LogP contribution >= 0.6 is 0 Å². The van der Waals surface area contributed by atoms with E-state index < -0.39 is 130 Å². The van der Waals surface area contributed by atoms with Gasteiger partial charge in [-0.3, -0.25) is 19.2 Å². The number of hydrogen-bond donors (Lipinski definition) is 1. The second-order valence-electron chi connectivity index (χ2n) is 14.0. The Morgan fingerprint density at radius 2 is 1.02 bits per heavy atom. The Bertz CT molecular complexity index is 2200. The quantitative estimate of drug-likeness (QED) is 0.161. The van der Waals surface area contributed by atoms with Crippen molar-refractivity contribution in [2.24, 2.45) is 29.6 Å². The van der Waals surface area contributed by atoms with Crippen LogP contribution in [-0.2, 0) is 43.9 Å². The van der Waals surface area contributed by atoms with Crippen LogP contribution in [0.4, 0.5) is 64.1 Å². The molecular formula is C37H24F12N2O6. The van der Waals surface area contributed by atoms with E-state index in [2.05, 4.69) is 0 Å². The maximum absolute atomic E-state index is 14.3. The third-order valence-electron chi connectivity index (χ3n) is 10.9. The Labute approximate surface area is 312 Å². The summed E-state index contributed by atoms with van der Waals surface area (Å²) in [6, 6.07) is 3.98. The van der Waals surface area contributed by atoms with Gasteiger partial charge < -0.3 is 9.84 Å². The normalized spacial score (nSPS) is 25.4. The second-order valence-corrected chi connectivity index (χ2v) is 14.0. The fourth-order valence-corrected chi connectivity index (χ4v) is 8.49. The molecule has 3 aromatic rings. The van der Waals surface area contributed by atoms with Crippen LogP contribution in [0.5, 0.6) is 11.5 Å². The lowest BCUT2D eigenvalue weighted by Crippen LogP contribution is -2.43. The summed E-state index contributed by atoms with van der Waals surface area (Å²) in [5, 5.41) is 11.1. The van der Waals surface area contributed by atoms with Gasteiger partial charge in [0, 0.05) is 17.5 Å². The van der Waals surface area contributed by atoms with Crippen LogP contribution in [0.1, 0.15) is 46.6 Å². The maximum atomic E-state index is 14.3. The van der Waals surface area contributed by atoms with Gasteiger partial charge in [0.15, 0.2) is 0 Å². The Balaban J connectivity index is 1.36. The molecule has 7 rings (SSSR count). The second kappa shape index (κ2) is 13.0. The zero-order chi connectivity index (χ0) is 41.9. The van der Waals surface area contributed by atoms with E-state index in [4.69, 9.17) is 4.74 Å². The molecule has 0 aromatic heterocycles. The third kappa shape index (κ3) is 6.55. The van der Waals surface area contributed by atoms with Crippen molar-refractivity contribution < 1.29 is 81.7 Å². The number of amides is 4. The molecule has 0 spiro atoms. The lowest BCUT2D eigenvalue weighted by Gasteiger charge is -2.44. The van der Waals surface area contributed by atoms with Crippen molar-refractivity contribution >= 4 is 35.0 Å². The Kier molecular flexibility index (Phi) is 9.04. The molecular weight excluding hydrogens is 796 g/mol. The lowest BCUT2D eigenvalue weighted by atomic mass is 9.57. The monoisotopic (exact) mass is 820 g/mol. The number of fused-ring (bicyclic) bond motifs is 4. The minimum absolute atomic E-state index is 0.0865. The summed E-state index contributed by atoms with van der Waals surface area (Å²) in [5.74, 6) is -14.4. The van der Waals surface area contributed by atoms with Crippen LogP contribution in [0.2, 0.25) is 0 Å². The highest BCUT2D eigenvalue weighted by Crippen LogP contribution is 2.60. The molecule has 8 nitrogen and oxygen atoms in total. The largest absolute Gasteiger partial charge is 0.508 e. The molecule has 2 saturated heterocycles. The van der Waals surface area contributed by atoms with E-state index in [9.17, 15) is 77.0 Å². The first-order valence-electron chi connectivity index (χ1n) is 16.7. The van der Waals surface area contributed by atoms with Gasteiger partial charge in [0.25, 0.3) is 0 Å². The molecule has 3 aromatic carbocycles. The first kappa shape index (κ1) is 39.7. The number of phenols is 1. The first-order valence-corrected chi connectivity index (χ1v) is 16.7.